The molecule has 0 radical (unpaired) electrons. The van der Waals surface area contributed by atoms with Crippen LogP contribution < -0.4 is 0 Å². The van der Waals surface area contributed by atoms with Crippen molar-refractivity contribution < 1.29 is 9.53 Å². The molecule has 2 atom stereocenters. The summed E-state index contributed by atoms with van der Waals surface area (Å²) in [5.74, 6) is 0.322. The highest BCUT2D eigenvalue weighted by atomic mass is 16.5. The van der Waals surface area contributed by atoms with E-state index in [4.69, 9.17) is 4.74 Å². The van der Waals surface area contributed by atoms with Crippen molar-refractivity contribution in [3.63, 3.8) is 0 Å². The number of carbonyl (C=O) groups excluding carboxylic acids is 1. The van der Waals surface area contributed by atoms with Gasteiger partial charge >= 0.3 is 0 Å². The maximum absolute atomic E-state index is 12.0. The number of aromatic nitrogens is 1. The summed E-state index contributed by atoms with van der Waals surface area (Å²) in [5.41, 5.74) is 1.98. The van der Waals surface area contributed by atoms with Crippen molar-refractivity contribution in [3.8, 4) is 0 Å². The van der Waals surface area contributed by atoms with Gasteiger partial charge in [0.15, 0.2) is 0 Å². The number of ketones is 1. The van der Waals surface area contributed by atoms with Crippen LogP contribution in [-0.2, 0) is 16.0 Å². The van der Waals surface area contributed by atoms with Gasteiger partial charge in [-0.3, -0.25) is 9.78 Å². The highest BCUT2D eigenvalue weighted by Gasteiger charge is 2.28. The number of carbonyl (C=O) groups is 1. The molecule has 2 unspecified atom stereocenters. The molecular formula is C13H17NO2. The summed E-state index contributed by atoms with van der Waals surface area (Å²) < 4.78 is 5.41. The fraction of sp³-hybridized carbons (Fsp3) is 0.538. The molecule has 86 valence electrons. The third-order valence-corrected chi connectivity index (χ3v) is 3.11. The lowest BCUT2D eigenvalue weighted by molar-refractivity contribution is -0.122. The van der Waals surface area contributed by atoms with Crippen LogP contribution in [-0.4, -0.2) is 23.5 Å². The molecule has 3 heteroatoms. The molecule has 0 spiro atoms. The zero-order valence-corrected chi connectivity index (χ0v) is 9.77. The quantitative estimate of drug-likeness (QED) is 0.779. The van der Waals surface area contributed by atoms with Gasteiger partial charge in [-0.1, -0.05) is 6.07 Å². The van der Waals surface area contributed by atoms with Gasteiger partial charge in [0.2, 0.25) is 0 Å². The summed E-state index contributed by atoms with van der Waals surface area (Å²) in [6.45, 7) is 4.58. The number of hydrogen-bond acceptors (Lipinski definition) is 3. The third-order valence-electron chi connectivity index (χ3n) is 3.11. The van der Waals surface area contributed by atoms with Crippen LogP contribution in [0.1, 0.15) is 24.6 Å². The van der Waals surface area contributed by atoms with Crippen LogP contribution in [0.5, 0.6) is 0 Å². The Labute approximate surface area is 95.8 Å². The van der Waals surface area contributed by atoms with E-state index < -0.39 is 0 Å². The standard InChI is InChI=1S/C13H17NO2/c1-9-4-3-5-14-12(9)7-13(15)11-6-10(2)16-8-11/h3-5,10-11H,6-8H2,1-2H3. The topological polar surface area (TPSA) is 39.2 Å². The van der Waals surface area contributed by atoms with Crippen LogP contribution >= 0.6 is 0 Å². The lowest BCUT2D eigenvalue weighted by atomic mass is 9.96. The SMILES string of the molecule is Cc1cccnc1CC(=O)C1COC(C)C1. The number of aryl methyl sites for hydroxylation is 1. The molecular weight excluding hydrogens is 202 g/mol. The molecule has 0 bridgehead atoms. The van der Waals surface area contributed by atoms with Crippen LogP contribution in [0.15, 0.2) is 18.3 Å². The first kappa shape index (κ1) is 11.3. The van der Waals surface area contributed by atoms with Crippen molar-refractivity contribution in [1.29, 1.82) is 0 Å². The fourth-order valence-electron chi connectivity index (χ4n) is 2.05. The Morgan fingerprint density at radius 1 is 1.62 bits per heavy atom. The van der Waals surface area contributed by atoms with E-state index in [0.29, 0.717) is 13.0 Å². The molecule has 0 amide bonds. The lowest BCUT2D eigenvalue weighted by Crippen LogP contribution is -2.18. The molecule has 1 aromatic heterocycles. The van der Waals surface area contributed by atoms with Gasteiger partial charge in [0.25, 0.3) is 0 Å². The number of rotatable bonds is 3. The molecule has 0 aromatic carbocycles. The van der Waals surface area contributed by atoms with Crippen molar-refractivity contribution in [2.75, 3.05) is 6.61 Å². The van der Waals surface area contributed by atoms with Crippen molar-refractivity contribution in [2.24, 2.45) is 5.92 Å². The van der Waals surface area contributed by atoms with Crippen molar-refractivity contribution in [2.45, 2.75) is 32.8 Å². The highest BCUT2D eigenvalue weighted by Crippen LogP contribution is 2.21. The number of ether oxygens (including phenoxy) is 1. The fourth-order valence-corrected chi connectivity index (χ4v) is 2.05. The molecule has 2 heterocycles. The second-order valence-corrected chi connectivity index (χ2v) is 4.49. The van der Waals surface area contributed by atoms with Gasteiger partial charge < -0.3 is 4.74 Å². The van der Waals surface area contributed by atoms with Gasteiger partial charge in [-0.05, 0) is 31.9 Å². The second-order valence-electron chi connectivity index (χ2n) is 4.49. The molecule has 1 aliphatic rings. The molecule has 1 saturated heterocycles. The van der Waals surface area contributed by atoms with Crippen LogP contribution in [0.3, 0.4) is 0 Å². The summed E-state index contributed by atoms with van der Waals surface area (Å²) >= 11 is 0. The monoisotopic (exact) mass is 219 g/mol. The lowest BCUT2D eigenvalue weighted by Gasteiger charge is -2.07. The van der Waals surface area contributed by atoms with Gasteiger partial charge in [-0.15, -0.1) is 0 Å². The van der Waals surface area contributed by atoms with Crippen LogP contribution in [0.2, 0.25) is 0 Å². The summed E-state index contributed by atoms with van der Waals surface area (Å²) in [6, 6.07) is 3.88. The molecule has 3 nitrogen and oxygen atoms in total. The van der Waals surface area contributed by atoms with Gasteiger partial charge in [0.1, 0.15) is 5.78 Å². The molecule has 1 fully saturated rings. The molecule has 1 aromatic rings. The number of pyridine rings is 1. The van der Waals surface area contributed by atoms with E-state index in [1.165, 1.54) is 0 Å². The number of nitrogens with zero attached hydrogens (tertiary/aromatic N) is 1. The van der Waals surface area contributed by atoms with E-state index in [0.717, 1.165) is 17.7 Å². The average Bonchev–Trinajstić information content (AvgIpc) is 2.68. The Morgan fingerprint density at radius 2 is 2.44 bits per heavy atom. The molecule has 0 aliphatic carbocycles. The molecule has 0 N–H and O–H groups in total. The van der Waals surface area contributed by atoms with Crippen molar-refractivity contribution >= 4 is 5.78 Å². The smallest absolute Gasteiger partial charge is 0.144 e. The van der Waals surface area contributed by atoms with E-state index in [2.05, 4.69) is 4.98 Å². The molecule has 0 saturated carbocycles. The Bertz CT molecular complexity index is 389. The van der Waals surface area contributed by atoms with Crippen LogP contribution in [0.4, 0.5) is 0 Å². The van der Waals surface area contributed by atoms with E-state index in [1.807, 2.05) is 26.0 Å². The van der Waals surface area contributed by atoms with Gasteiger partial charge in [-0.25, -0.2) is 0 Å². The maximum atomic E-state index is 12.0. The summed E-state index contributed by atoms with van der Waals surface area (Å²) in [5, 5.41) is 0. The highest BCUT2D eigenvalue weighted by molar-refractivity contribution is 5.83. The molecule has 2 rings (SSSR count). The second kappa shape index (κ2) is 4.74. The molecule has 1 aliphatic heterocycles. The predicted octanol–water partition coefficient (Wildman–Crippen LogP) is 1.93. The first-order chi connectivity index (χ1) is 7.66. The maximum Gasteiger partial charge on any atom is 0.144 e. The minimum absolute atomic E-state index is 0.0661. The zero-order valence-electron chi connectivity index (χ0n) is 9.77. The normalized spacial score (nSPS) is 24.6. The first-order valence-corrected chi connectivity index (χ1v) is 5.71. The van der Waals surface area contributed by atoms with Crippen LogP contribution in [0, 0.1) is 12.8 Å². The zero-order chi connectivity index (χ0) is 11.5. The minimum Gasteiger partial charge on any atom is -0.378 e. The van der Waals surface area contributed by atoms with E-state index in [-0.39, 0.29) is 17.8 Å². The summed E-state index contributed by atoms with van der Waals surface area (Å²) in [7, 11) is 0. The Morgan fingerprint density at radius 3 is 3.06 bits per heavy atom. The molecule has 16 heavy (non-hydrogen) atoms. The van der Waals surface area contributed by atoms with E-state index >= 15 is 0 Å². The Hall–Kier alpha value is -1.22. The van der Waals surface area contributed by atoms with Crippen molar-refractivity contribution in [1.82, 2.24) is 4.98 Å². The van der Waals surface area contributed by atoms with Gasteiger partial charge in [0, 0.05) is 18.5 Å². The largest absolute Gasteiger partial charge is 0.378 e. The minimum atomic E-state index is 0.0661. The number of hydrogen-bond donors (Lipinski definition) is 0. The Kier molecular flexibility index (Phi) is 3.34. The summed E-state index contributed by atoms with van der Waals surface area (Å²) in [4.78, 5) is 16.2. The van der Waals surface area contributed by atoms with Gasteiger partial charge in [-0.2, -0.15) is 0 Å². The van der Waals surface area contributed by atoms with Crippen LogP contribution in [0.25, 0.3) is 0 Å². The summed E-state index contributed by atoms with van der Waals surface area (Å²) in [6.07, 6.45) is 3.25. The average molecular weight is 219 g/mol. The van der Waals surface area contributed by atoms with Crippen molar-refractivity contribution in [3.05, 3.63) is 29.6 Å². The Balaban J connectivity index is 2.00. The van der Waals surface area contributed by atoms with E-state index in [9.17, 15) is 4.79 Å². The van der Waals surface area contributed by atoms with E-state index in [1.54, 1.807) is 6.20 Å². The first-order valence-electron chi connectivity index (χ1n) is 5.71. The number of Topliss-reactive ketones (excluding diaryl/α,β-unsaturated/α-hetero) is 1. The third kappa shape index (κ3) is 2.47. The predicted molar refractivity (Wildman–Crippen MR) is 61.2 cm³/mol. The van der Waals surface area contributed by atoms with Gasteiger partial charge in [0.05, 0.1) is 18.4 Å².